The van der Waals surface area contributed by atoms with E-state index >= 15 is 0 Å². The van der Waals surface area contributed by atoms with Gasteiger partial charge in [0.25, 0.3) is 5.91 Å². The van der Waals surface area contributed by atoms with Crippen molar-refractivity contribution in [1.29, 1.82) is 0 Å². The van der Waals surface area contributed by atoms with Crippen LogP contribution in [0.25, 0.3) is 0 Å². The number of carbonyl (C=O) groups excluding carboxylic acids is 1. The number of phenolic OH excluding ortho intramolecular Hbond substituents is 1. The number of quaternary nitrogens is 1. The number of benzene rings is 1. The third-order valence-corrected chi connectivity index (χ3v) is 4.87. The second-order valence-corrected chi connectivity index (χ2v) is 6.65. The molecule has 1 aromatic heterocycles. The van der Waals surface area contributed by atoms with Gasteiger partial charge in [0.15, 0.2) is 6.54 Å². The van der Waals surface area contributed by atoms with Gasteiger partial charge in [-0.3, -0.25) is 9.48 Å². The monoisotopic (exact) mass is 344 g/mol. The van der Waals surface area contributed by atoms with Crippen LogP contribution in [0.15, 0.2) is 24.3 Å². The Morgan fingerprint density at radius 3 is 2.44 bits per heavy atom. The molecule has 0 unspecified atom stereocenters. The molecular weight excluding hydrogens is 318 g/mol. The van der Waals surface area contributed by atoms with Crippen LogP contribution in [0.2, 0.25) is 0 Å². The van der Waals surface area contributed by atoms with E-state index in [4.69, 9.17) is 0 Å². The van der Waals surface area contributed by atoms with E-state index in [1.807, 2.05) is 33.0 Å². The van der Waals surface area contributed by atoms with Crippen LogP contribution in [0.4, 0.5) is 11.4 Å². The lowest BCUT2D eigenvalue weighted by Crippen LogP contribution is -3.15. The molecular formula is C18H26N5O2+. The second kappa shape index (κ2) is 7.14. The van der Waals surface area contributed by atoms with Gasteiger partial charge in [-0.25, -0.2) is 0 Å². The third-order valence-electron chi connectivity index (χ3n) is 4.87. The molecule has 1 fully saturated rings. The zero-order valence-corrected chi connectivity index (χ0v) is 15.0. The van der Waals surface area contributed by atoms with E-state index in [1.165, 1.54) is 4.90 Å². The van der Waals surface area contributed by atoms with Crippen molar-refractivity contribution in [2.24, 2.45) is 7.05 Å². The van der Waals surface area contributed by atoms with Crippen molar-refractivity contribution in [3.63, 3.8) is 0 Å². The zero-order valence-electron chi connectivity index (χ0n) is 15.0. The summed E-state index contributed by atoms with van der Waals surface area (Å²) in [6.07, 6.45) is 0. The number of anilines is 2. The molecule has 1 aromatic carbocycles. The van der Waals surface area contributed by atoms with Crippen molar-refractivity contribution in [2.45, 2.75) is 13.8 Å². The van der Waals surface area contributed by atoms with Crippen LogP contribution in [-0.2, 0) is 11.8 Å². The molecule has 0 radical (unpaired) electrons. The standard InChI is InChI=1S/C18H25N5O2/c1-13-18(14(2)21(3)20-13)19-17(25)12-22-8-10-23(11-9-22)15-4-6-16(24)7-5-15/h4-7,24H,8-12H2,1-3H3,(H,19,25)/p+1. The normalized spacial score (nSPS) is 15.4. The fraction of sp³-hybridized carbons (Fsp3) is 0.444. The molecule has 0 aliphatic carbocycles. The number of phenols is 1. The highest BCUT2D eigenvalue weighted by Gasteiger charge is 2.23. The summed E-state index contributed by atoms with van der Waals surface area (Å²) in [5.41, 5.74) is 3.76. The fourth-order valence-electron chi connectivity index (χ4n) is 3.29. The molecule has 0 saturated carbocycles. The molecule has 1 aliphatic heterocycles. The van der Waals surface area contributed by atoms with Gasteiger partial charge in [-0.05, 0) is 38.1 Å². The van der Waals surface area contributed by atoms with Crippen molar-refractivity contribution in [1.82, 2.24) is 9.78 Å². The molecule has 1 saturated heterocycles. The molecule has 0 atom stereocenters. The van der Waals surface area contributed by atoms with E-state index in [0.717, 1.165) is 48.9 Å². The molecule has 1 amide bonds. The molecule has 7 nitrogen and oxygen atoms in total. The molecule has 0 spiro atoms. The molecule has 0 bridgehead atoms. The Kier molecular flexibility index (Phi) is 4.94. The highest BCUT2D eigenvalue weighted by atomic mass is 16.3. The van der Waals surface area contributed by atoms with E-state index in [0.29, 0.717) is 6.54 Å². The van der Waals surface area contributed by atoms with Crippen LogP contribution in [-0.4, -0.2) is 53.5 Å². The van der Waals surface area contributed by atoms with Crippen LogP contribution >= 0.6 is 0 Å². The third kappa shape index (κ3) is 3.93. The predicted octanol–water partition coefficient (Wildman–Crippen LogP) is 0.0861. The van der Waals surface area contributed by atoms with Gasteiger partial charge in [-0.15, -0.1) is 0 Å². The van der Waals surface area contributed by atoms with E-state index < -0.39 is 0 Å². The minimum atomic E-state index is 0.0345. The summed E-state index contributed by atoms with van der Waals surface area (Å²) in [6, 6.07) is 7.28. The predicted molar refractivity (Wildman–Crippen MR) is 97.2 cm³/mol. The number of piperazine rings is 1. The summed E-state index contributed by atoms with van der Waals surface area (Å²) < 4.78 is 1.79. The molecule has 3 N–H and O–H groups in total. The first kappa shape index (κ1) is 17.3. The first-order chi connectivity index (χ1) is 11.9. The van der Waals surface area contributed by atoms with Crippen molar-refractivity contribution in [3.05, 3.63) is 35.7 Å². The summed E-state index contributed by atoms with van der Waals surface area (Å²) in [7, 11) is 1.88. The Bertz CT molecular complexity index is 746. The van der Waals surface area contributed by atoms with Gasteiger partial charge in [0.2, 0.25) is 0 Å². The molecule has 134 valence electrons. The van der Waals surface area contributed by atoms with Crippen molar-refractivity contribution in [3.8, 4) is 5.75 Å². The van der Waals surface area contributed by atoms with Crippen molar-refractivity contribution in [2.75, 3.05) is 42.9 Å². The van der Waals surface area contributed by atoms with Gasteiger partial charge in [-0.1, -0.05) is 0 Å². The highest BCUT2D eigenvalue weighted by molar-refractivity contribution is 5.92. The maximum absolute atomic E-state index is 12.4. The lowest BCUT2D eigenvalue weighted by Gasteiger charge is -2.33. The second-order valence-electron chi connectivity index (χ2n) is 6.65. The smallest absolute Gasteiger partial charge is 0.279 e. The van der Waals surface area contributed by atoms with Crippen LogP contribution in [0.5, 0.6) is 5.75 Å². The number of amides is 1. The van der Waals surface area contributed by atoms with E-state index in [-0.39, 0.29) is 11.7 Å². The number of hydrogen-bond donors (Lipinski definition) is 3. The SMILES string of the molecule is Cc1nn(C)c(C)c1NC(=O)C[NH+]1CCN(c2ccc(O)cc2)CC1. The number of hydrogen-bond acceptors (Lipinski definition) is 4. The maximum Gasteiger partial charge on any atom is 0.279 e. The van der Waals surface area contributed by atoms with Crippen LogP contribution in [0, 0.1) is 13.8 Å². The Morgan fingerprint density at radius 2 is 1.88 bits per heavy atom. The minimum absolute atomic E-state index is 0.0345. The molecule has 2 heterocycles. The van der Waals surface area contributed by atoms with Gasteiger partial charge in [-0.2, -0.15) is 5.10 Å². The Morgan fingerprint density at radius 1 is 1.24 bits per heavy atom. The molecule has 3 rings (SSSR count). The van der Waals surface area contributed by atoms with Gasteiger partial charge >= 0.3 is 0 Å². The Balaban J connectivity index is 1.51. The summed E-state index contributed by atoms with van der Waals surface area (Å²) in [4.78, 5) is 15.9. The van der Waals surface area contributed by atoms with E-state index in [1.54, 1.807) is 16.8 Å². The van der Waals surface area contributed by atoms with Gasteiger partial charge in [0.05, 0.1) is 43.3 Å². The van der Waals surface area contributed by atoms with Crippen LogP contribution < -0.4 is 15.1 Å². The highest BCUT2D eigenvalue weighted by Crippen LogP contribution is 2.19. The lowest BCUT2D eigenvalue weighted by molar-refractivity contribution is -0.892. The molecule has 25 heavy (non-hydrogen) atoms. The lowest BCUT2D eigenvalue weighted by atomic mass is 10.2. The van der Waals surface area contributed by atoms with E-state index in [9.17, 15) is 9.90 Å². The van der Waals surface area contributed by atoms with Crippen molar-refractivity contribution >= 4 is 17.3 Å². The minimum Gasteiger partial charge on any atom is -0.508 e. The average molecular weight is 344 g/mol. The number of aryl methyl sites for hydroxylation is 2. The number of aromatic hydroxyl groups is 1. The number of nitrogens with zero attached hydrogens (tertiary/aromatic N) is 3. The molecule has 1 aliphatic rings. The quantitative estimate of drug-likeness (QED) is 0.735. The first-order valence-electron chi connectivity index (χ1n) is 8.61. The summed E-state index contributed by atoms with van der Waals surface area (Å²) in [5, 5.41) is 16.7. The molecule has 7 heteroatoms. The van der Waals surface area contributed by atoms with Gasteiger partial charge < -0.3 is 20.2 Å². The largest absolute Gasteiger partial charge is 0.508 e. The number of aromatic nitrogens is 2. The average Bonchev–Trinajstić information content (AvgIpc) is 2.83. The molecule has 2 aromatic rings. The zero-order chi connectivity index (χ0) is 18.0. The topological polar surface area (TPSA) is 74.8 Å². The number of rotatable bonds is 4. The number of carbonyl (C=O) groups is 1. The summed E-state index contributed by atoms with van der Waals surface area (Å²) in [5.74, 6) is 0.318. The first-order valence-corrected chi connectivity index (χ1v) is 8.61. The Hall–Kier alpha value is -2.54. The maximum atomic E-state index is 12.4. The van der Waals surface area contributed by atoms with Gasteiger partial charge in [0, 0.05) is 12.7 Å². The fourth-order valence-corrected chi connectivity index (χ4v) is 3.29. The van der Waals surface area contributed by atoms with Crippen LogP contribution in [0.1, 0.15) is 11.4 Å². The van der Waals surface area contributed by atoms with Crippen LogP contribution in [0.3, 0.4) is 0 Å². The summed E-state index contributed by atoms with van der Waals surface area (Å²) in [6.45, 7) is 7.97. The van der Waals surface area contributed by atoms with E-state index in [2.05, 4.69) is 15.3 Å². The van der Waals surface area contributed by atoms with Crippen molar-refractivity contribution < 1.29 is 14.8 Å². The van der Waals surface area contributed by atoms with Gasteiger partial charge in [0.1, 0.15) is 5.75 Å². The number of nitrogens with one attached hydrogen (secondary N) is 2. The summed E-state index contributed by atoms with van der Waals surface area (Å²) >= 11 is 0. The Labute approximate surface area is 147 Å².